The van der Waals surface area contributed by atoms with Gasteiger partial charge in [0, 0.05) is 26.2 Å². The Labute approximate surface area is 143 Å². The molecular formula is C18H27N3O3. The molecule has 2 aliphatic rings. The molecule has 0 aliphatic carbocycles. The van der Waals surface area contributed by atoms with Gasteiger partial charge in [0.1, 0.15) is 5.76 Å². The molecule has 0 bridgehead atoms. The molecule has 2 saturated heterocycles. The van der Waals surface area contributed by atoms with Gasteiger partial charge in [-0.25, -0.2) is 0 Å². The minimum Gasteiger partial charge on any atom is -0.468 e. The van der Waals surface area contributed by atoms with Crippen LogP contribution in [0.15, 0.2) is 22.8 Å². The smallest absolute Gasteiger partial charge is 0.311 e. The van der Waals surface area contributed by atoms with Crippen LogP contribution in [0.1, 0.15) is 37.9 Å². The molecule has 3 rings (SSSR count). The standard InChI is InChI=1S/C18H27N3O3/c22-17(18(23)21-10-1-2-11-21)19-8-7-15-5-3-9-20(13-15)14-16-6-4-12-24-16/h4,6,12,15H,1-3,5,7-11,13-14H2,(H,19,22)/t15-/m1/s1. The van der Waals surface area contributed by atoms with E-state index in [1.807, 2.05) is 12.1 Å². The molecule has 2 aliphatic heterocycles. The second kappa shape index (κ2) is 8.33. The van der Waals surface area contributed by atoms with Gasteiger partial charge in [0.2, 0.25) is 0 Å². The van der Waals surface area contributed by atoms with Crippen LogP contribution in [-0.4, -0.2) is 54.3 Å². The summed E-state index contributed by atoms with van der Waals surface area (Å²) in [5, 5.41) is 2.80. The van der Waals surface area contributed by atoms with E-state index in [1.54, 1.807) is 11.2 Å². The maximum Gasteiger partial charge on any atom is 0.311 e. The molecule has 0 radical (unpaired) electrons. The highest BCUT2D eigenvalue weighted by molar-refractivity contribution is 6.35. The van der Waals surface area contributed by atoms with Gasteiger partial charge in [-0.1, -0.05) is 0 Å². The van der Waals surface area contributed by atoms with E-state index in [0.29, 0.717) is 12.5 Å². The number of nitrogens with one attached hydrogen (secondary N) is 1. The quantitative estimate of drug-likeness (QED) is 0.832. The Bertz CT molecular complexity index is 538. The first-order chi connectivity index (χ1) is 11.7. The molecule has 1 aromatic rings. The fraction of sp³-hybridized carbons (Fsp3) is 0.667. The molecule has 0 unspecified atom stereocenters. The molecule has 24 heavy (non-hydrogen) atoms. The van der Waals surface area contributed by atoms with E-state index in [2.05, 4.69) is 10.2 Å². The largest absolute Gasteiger partial charge is 0.468 e. The number of piperidine rings is 1. The summed E-state index contributed by atoms with van der Waals surface area (Å²) in [4.78, 5) is 27.9. The lowest BCUT2D eigenvalue weighted by Crippen LogP contribution is -2.42. The zero-order valence-corrected chi connectivity index (χ0v) is 14.2. The summed E-state index contributed by atoms with van der Waals surface area (Å²) < 4.78 is 5.42. The average molecular weight is 333 g/mol. The van der Waals surface area contributed by atoms with E-state index in [-0.39, 0.29) is 5.91 Å². The predicted molar refractivity (Wildman–Crippen MR) is 90.1 cm³/mol. The summed E-state index contributed by atoms with van der Waals surface area (Å²) in [6.45, 7) is 4.99. The van der Waals surface area contributed by atoms with Crippen LogP contribution in [0.4, 0.5) is 0 Å². The van der Waals surface area contributed by atoms with Gasteiger partial charge in [-0.2, -0.15) is 0 Å². The maximum atomic E-state index is 12.0. The lowest BCUT2D eigenvalue weighted by molar-refractivity contribution is -0.145. The van der Waals surface area contributed by atoms with Gasteiger partial charge in [0.05, 0.1) is 12.8 Å². The average Bonchev–Trinajstić information content (AvgIpc) is 3.28. The topological polar surface area (TPSA) is 65.8 Å². The Morgan fingerprint density at radius 1 is 1.21 bits per heavy atom. The number of likely N-dealkylation sites (tertiary alicyclic amines) is 2. The van der Waals surface area contributed by atoms with Gasteiger partial charge in [-0.15, -0.1) is 0 Å². The van der Waals surface area contributed by atoms with Crippen molar-refractivity contribution in [3.05, 3.63) is 24.2 Å². The highest BCUT2D eigenvalue weighted by Crippen LogP contribution is 2.21. The third-order valence-corrected chi connectivity index (χ3v) is 4.99. The van der Waals surface area contributed by atoms with Crippen LogP contribution in [0.25, 0.3) is 0 Å². The van der Waals surface area contributed by atoms with Crippen molar-refractivity contribution >= 4 is 11.8 Å². The summed E-state index contributed by atoms with van der Waals surface area (Å²) >= 11 is 0. The zero-order valence-electron chi connectivity index (χ0n) is 14.2. The van der Waals surface area contributed by atoms with Crippen molar-refractivity contribution in [2.24, 2.45) is 5.92 Å². The van der Waals surface area contributed by atoms with E-state index in [0.717, 1.165) is 57.7 Å². The van der Waals surface area contributed by atoms with Gasteiger partial charge >= 0.3 is 11.8 Å². The monoisotopic (exact) mass is 333 g/mol. The van der Waals surface area contributed by atoms with Crippen molar-refractivity contribution in [2.75, 3.05) is 32.7 Å². The molecule has 6 heteroatoms. The Hall–Kier alpha value is -1.82. The van der Waals surface area contributed by atoms with E-state index in [9.17, 15) is 9.59 Å². The Morgan fingerprint density at radius 3 is 2.79 bits per heavy atom. The Morgan fingerprint density at radius 2 is 2.04 bits per heavy atom. The van der Waals surface area contributed by atoms with E-state index >= 15 is 0 Å². The van der Waals surface area contributed by atoms with Crippen LogP contribution in [0, 0.1) is 5.92 Å². The number of carbonyl (C=O) groups excluding carboxylic acids is 2. The number of furan rings is 1. The maximum absolute atomic E-state index is 12.0. The van der Waals surface area contributed by atoms with Gasteiger partial charge in [-0.3, -0.25) is 14.5 Å². The molecule has 0 aromatic carbocycles. The molecule has 0 spiro atoms. The fourth-order valence-electron chi connectivity index (χ4n) is 3.68. The molecule has 1 aromatic heterocycles. The molecule has 6 nitrogen and oxygen atoms in total. The second-order valence-electron chi connectivity index (χ2n) is 6.87. The number of rotatable bonds is 5. The number of hydrogen-bond acceptors (Lipinski definition) is 4. The van der Waals surface area contributed by atoms with Crippen molar-refractivity contribution in [3.63, 3.8) is 0 Å². The number of carbonyl (C=O) groups is 2. The van der Waals surface area contributed by atoms with Crippen molar-refractivity contribution < 1.29 is 14.0 Å². The molecule has 1 atom stereocenters. The van der Waals surface area contributed by atoms with Crippen LogP contribution < -0.4 is 5.32 Å². The zero-order chi connectivity index (χ0) is 16.8. The number of hydrogen-bond donors (Lipinski definition) is 1. The minimum atomic E-state index is -0.444. The molecule has 2 fully saturated rings. The van der Waals surface area contributed by atoms with Crippen LogP contribution in [-0.2, 0) is 16.1 Å². The molecular weight excluding hydrogens is 306 g/mol. The lowest BCUT2D eigenvalue weighted by atomic mass is 9.94. The van der Waals surface area contributed by atoms with E-state index in [1.165, 1.54) is 12.8 Å². The summed E-state index contributed by atoms with van der Waals surface area (Å²) in [6.07, 6.45) is 7.01. The number of amides is 2. The molecule has 0 saturated carbocycles. The number of nitrogens with zero attached hydrogens (tertiary/aromatic N) is 2. The normalized spacial score (nSPS) is 21.8. The lowest BCUT2D eigenvalue weighted by Gasteiger charge is -2.32. The van der Waals surface area contributed by atoms with Crippen LogP contribution in [0.3, 0.4) is 0 Å². The molecule has 132 valence electrons. The SMILES string of the molecule is O=C(NCC[C@H]1CCCN(Cc2ccco2)C1)C(=O)N1CCCC1. The highest BCUT2D eigenvalue weighted by atomic mass is 16.3. The minimum absolute atomic E-state index is 0.365. The first-order valence-corrected chi connectivity index (χ1v) is 9.04. The van der Waals surface area contributed by atoms with Crippen molar-refractivity contribution in [1.82, 2.24) is 15.1 Å². The van der Waals surface area contributed by atoms with Crippen molar-refractivity contribution in [1.29, 1.82) is 0 Å². The van der Waals surface area contributed by atoms with E-state index in [4.69, 9.17) is 4.42 Å². The Balaban J connectivity index is 1.36. The molecule has 3 heterocycles. The summed E-state index contributed by atoms with van der Waals surface area (Å²) in [6, 6.07) is 3.93. The van der Waals surface area contributed by atoms with Crippen LogP contribution >= 0.6 is 0 Å². The summed E-state index contributed by atoms with van der Waals surface area (Å²) in [5.41, 5.74) is 0. The van der Waals surface area contributed by atoms with Gasteiger partial charge < -0.3 is 14.6 Å². The van der Waals surface area contributed by atoms with Crippen LogP contribution in [0.2, 0.25) is 0 Å². The fourth-order valence-corrected chi connectivity index (χ4v) is 3.68. The van der Waals surface area contributed by atoms with Crippen molar-refractivity contribution in [3.8, 4) is 0 Å². The van der Waals surface area contributed by atoms with Gasteiger partial charge in [0.25, 0.3) is 0 Å². The highest BCUT2D eigenvalue weighted by Gasteiger charge is 2.25. The third-order valence-electron chi connectivity index (χ3n) is 4.99. The first kappa shape index (κ1) is 17.0. The first-order valence-electron chi connectivity index (χ1n) is 9.04. The van der Waals surface area contributed by atoms with Crippen LogP contribution in [0.5, 0.6) is 0 Å². The van der Waals surface area contributed by atoms with Gasteiger partial charge in [-0.05, 0) is 56.7 Å². The molecule has 1 N–H and O–H groups in total. The predicted octanol–water partition coefficient (Wildman–Crippen LogP) is 1.62. The van der Waals surface area contributed by atoms with E-state index < -0.39 is 5.91 Å². The summed E-state index contributed by atoms with van der Waals surface area (Å²) in [7, 11) is 0. The summed E-state index contributed by atoms with van der Waals surface area (Å²) in [5.74, 6) is 0.756. The molecule has 2 amide bonds. The second-order valence-corrected chi connectivity index (χ2v) is 6.87. The van der Waals surface area contributed by atoms with Gasteiger partial charge in [0.15, 0.2) is 0 Å². The third kappa shape index (κ3) is 4.60. The van der Waals surface area contributed by atoms with Crippen molar-refractivity contribution in [2.45, 2.75) is 38.6 Å². The Kier molecular flexibility index (Phi) is 5.91.